The number of benzene rings is 2. The van der Waals surface area contributed by atoms with Crippen LogP contribution in [0.15, 0.2) is 36.4 Å². The van der Waals surface area contributed by atoms with Crippen LogP contribution in [0.2, 0.25) is 10.0 Å². The Kier molecular flexibility index (Phi) is 4.69. The monoisotopic (exact) mass is 320 g/mol. The average molecular weight is 321 g/mol. The van der Waals surface area contributed by atoms with E-state index in [9.17, 15) is 4.79 Å². The molecule has 0 fully saturated rings. The van der Waals surface area contributed by atoms with Crippen LogP contribution in [0.25, 0.3) is 0 Å². The standard InChI is InChI=1S/C15H10Cl2N2O2/c1-21-13-7-9(8-18)5-6-12(13)19-15(20)14-10(16)3-2-4-11(14)17/h2-7H,1H3,(H,19,20). The smallest absolute Gasteiger partial charge is 0.258 e. The minimum Gasteiger partial charge on any atom is -0.495 e. The van der Waals surface area contributed by atoms with Gasteiger partial charge in [-0.1, -0.05) is 29.3 Å². The van der Waals surface area contributed by atoms with Gasteiger partial charge in [0.25, 0.3) is 5.91 Å². The minimum atomic E-state index is -0.450. The molecule has 1 amide bonds. The normalized spacial score (nSPS) is 9.81. The predicted octanol–water partition coefficient (Wildman–Crippen LogP) is 4.13. The third kappa shape index (κ3) is 3.27. The second-order valence-electron chi connectivity index (χ2n) is 4.08. The highest BCUT2D eigenvalue weighted by Gasteiger charge is 2.16. The summed E-state index contributed by atoms with van der Waals surface area (Å²) in [5.74, 6) is -0.0702. The van der Waals surface area contributed by atoms with Crippen LogP contribution in [0.1, 0.15) is 15.9 Å². The Morgan fingerprint density at radius 3 is 2.48 bits per heavy atom. The SMILES string of the molecule is COc1cc(C#N)ccc1NC(=O)c1c(Cl)cccc1Cl. The number of hydrogen-bond donors (Lipinski definition) is 1. The summed E-state index contributed by atoms with van der Waals surface area (Å²) in [5, 5.41) is 12.0. The molecule has 6 heteroatoms. The molecular formula is C15H10Cl2N2O2. The zero-order chi connectivity index (χ0) is 15.4. The molecular weight excluding hydrogens is 311 g/mol. The number of anilines is 1. The molecule has 1 N–H and O–H groups in total. The molecule has 0 bridgehead atoms. The number of carbonyl (C=O) groups excluding carboxylic acids is 1. The molecule has 0 saturated heterocycles. The van der Waals surface area contributed by atoms with E-state index in [2.05, 4.69) is 5.32 Å². The quantitative estimate of drug-likeness (QED) is 0.925. The number of nitriles is 1. The molecule has 0 aromatic heterocycles. The number of hydrogen-bond acceptors (Lipinski definition) is 3. The summed E-state index contributed by atoms with van der Waals surface area (Å²) in [7, 11) is 1.45. The van der Waals surface area contributed by atoms with E-state index in [-0.39, 0.29) is 15.6 Å². The van der Waals surface area contributed by atoms with Gasteiger partial charge in [0.1, 0.15) is 5.75 Å². The van der Waals surface area contributed by atoms with Crippen LogP contribution in [0.5, 0.6) is 5.75 Å². The first-order chi connectivity index (χ1) is 10.1. The van der Waals surface area contributed by atoms with E-state index < -0.39 is 5.91 Å². The maximum absolute atomic E-state index is 12.3. The van der Waals surface area contributed by atoms with Crippen LogP contribution >= 0.6 is 23.2 Å². The van der Waals surface area contributed by atoms with Crippen LogP contribution in [0.3, 0.4) is 0 Å². The molecule has 0 unspecified atom stereocenters. The first-order valence-corrected chi connectivity index (χ1v) is 6.66. The Hall–Kier alpha value is -2.22. The molecule has 21 heavy (non-hydrogen) atoms. The largest absolute Gasteiger partial charge is 0.495 e. The molecule has 4 nitrogen and oxygen atoms in total. The van der Waals surface area contributed by atoms with E-state index in [0.29, 0.717) is 17.0 Å². The molecule has 0 atom stereocenters. The molecule has 0 radical (unpaired) electrons. The van der Waals surface area contributed by atoms with Crippen molar-refractivity contribution in [1.29, 1.82) is 5.26 Å². The van der Waals surface area contributed by atoms with E-state index in [0.717, 1.165) is 0 Å². The zero-order valence-electron chi connectivity index (χ0n) is 11.0. The maximum atomic E-state index is 12.3. The van der Waals surface area contributed by atoms with Gasteiger partial charge in [0.05, 0.1) is 40.0 Å². The number of methoxy groups -OCH3 is 1. The summed E-state index contributed by atoms with van der Waals surface area (Å²) in [6.07, 6.45) is 0. The molecule has 0 aliphatic heterocycles. The van der Waals surface area contributed by atoms with Gasteiger partial charge in [-0.2, -0.15) is 5.26 Å². The predicted molar refractivity (Wildman–Crippen MR) is 82.1 cm³/mol. The van der Waals surface area contributed by atoms with Crippen molar-refractivity contribution in [1.82, 2.24) is 0 Å². The van der Waals surface area contributed by atoms with Crippen molar-refractivity contribution in [3.63, 3.8) is 0 Å². The second kappa shape index (κ2) is 6.49. The van der Waals surface area contributed by atoms with Gasteiger partial charge in [-0.15, -0.1) is 0 Å². The number of nitrogens with one attached hydrogen (secondary N) is 1. The summed E-state index contributed by atoms with van der Waals surface area (Å²) in [4.78, 5) is 12.3. The first-order valence-electron chi connectivity index (χ1n) is 5.90. The van der Waals surface area contributed by atoms with Crippen molar-refractivity contribution < 1.29 is 9.53 Å². The van der Waals surface area contributed by atoms with Crippen molar-refractivity contribution in [3.8, 4) is 11.8 Å². The van der Waals surface area contributed by atoms with Gasteiger partial charge in [0, 0.05) is 6.07 Å². The van der Waals surface area contributed by atoms with Gasteiger partial charge in [-0.3, -0.25) is 4.79 Å². The maximum Gasteiger partial charge on any atom is 0.258 e. The highest BCUT2D eigenvalue weighted by Crippen LogP contribution is 2.29. The lowest BCUT2D eigenvalue weighted by Crippen LogP contribution is -2.14. The topological polar surface area (TPSA) is 62.1 Å². The highest BCUT2D eigenvalue weighted by molar-refractivity contribution is 6.40. The van der Waals surface area contributed by atoms with Gasteiger partial charge in [0.2, 0.25) is 0 Å². The average Bonchev–Trinajstić information content (AvgIpc) is 2.47. The Labute approximate surface area is 131 Å². The number of ether oxygens (including phenoxy) is 1. The molecule has 2 aromatic rings. The Balaban J connectivity index is 2.34. The number of carbonyl (C=O) groups is 1. The molecule has 0 aliphatic carbocycles. The van der Waals surface area contributed by atoms with Crippen molar-refractivity contribution in [2.24, 2.45) is 0 Å². The third-order valence-electron chi connectivity index (χ3n) is 2.77. The molecule has 2 rings (SSSR count). The number of amides is 1. The molecule has 0 aliphatic rings. The Bertz CT molecular complexity index is 719. The summed E-state index contributed by atoms with van der Waals surface area (Å²) >= 11 is 12.0. The van der Waals surface area contributed by atoms with Crippen LogP contribution in [-0.4, -0.2) is 13.0 Å². The van der Waals surface area contributed by atoms with Crippen LogP contribution in [0.4, 0.5) is 5.69 Å². The number of nitrogens with zero attached hydrogens (tertiary/aromatic N) is 1. The van der Waals surface area contributed by atoms with Crippen molar-refractivity contribution in [2.45, 2.75) is 0 Å². The van der Waals surface area contributed by atoms with Crippen molar-refractivity contribution in [2.75, 3.05) is 12.4 Å². The zero-order valence-corrected chi connectivity index (χ0v) is 12.5. The van der Waals surface area contributed by atoms with E-state index in [1.165, 1.54) is 13.2 Å². The summed E-state index contributed by atoms with van der Waals surface area (Å²) in [5.41, 5.74) is 1.05. The third-order valence-corrected chi connectivity index (χ3v) is 3.40. The summed E-state index contributed by atoms with van der Waals surface area (Å²) in [6.45, 7) is 0. The van der Waals surface area contributed by atoms with Crippen LogP contribution in [0, 0.1) is 11.3 Å². The molecule has 0 spiro atoms. The molecule has 0 saturated carbocycles. The lowest BCUT2D eigenvalue weighted by molar-refractivity contribution is 0.102. The summed E-state index contributed by atoms with van der Waals surface area (Å²) < 4.78 is 5.15. The number of rotatable bonds is 3. The molecule has 2 aromatic carbocycles. The van der Waals surface area contributed by atoms with Crippen molar-refractivity contribution in [3.05, 3.63) is 57.6 Å². The van der Waals surface area contributed by atoms with Gasteiger partial charge in [0.15, 0.2) is 0 Å². The fourth-order valence-electron chi connectivity index (χ4n) is 1.76. The lowest BCUT2D eigenvalue weighted by Gasteiger charge is -2.12. The van der Waals surface area contributed by atoms with E-state index in [1.807, 2.05) is 6.07 Å². The van der Waals surface area contributed by atoms with E-state index >= 15 is 0 Å². The van der Waals surface area contributed by atoms with Crippen molar-refractivity contribution >= 4 is 34.8 Å². The molecule has 106 valence electrons. The van der Waals surface area contributed by atoms with E-state index in [4.69, 9.17) is 33.2 Å². The summed E-state index contributed by atoms with van der Waals surface area (Å²) in [6, 6.07) is 11.5. The number of halogens is 2. The van der Waals surface area contributed by atoms with Gasteiger partial charge < -0.3 is 10.1 Å². The van der Waals surface area contributed by atoms with Gasteiger partial charge in [-0.25, -0.2) is 0 Å². The molecule has 0 heterocycles. The fraction of sp³-hybridized carbons (Fsp3) is 0.0667. The highest BCUT2D eigenvalue weighted by atomic mass is 35.5. The van der Waals surface area contributed by atoms with E-state index in [1.54, 1.807) is 30.3 Å². The minimum absolute atomic E-state index is 0.187. The Morgan fingerprint density at radius 1 is 1.24 bits per heavy atom. The van der Waals surface area contributed by atoms with Crippen LogP contribution in [-0.2, 0) is 0 Å². The van der Waals surface area contributed by atoms with Gasteiger partial charge >= 0.3 is 0 Å². The first kappa shape index (κ1) is 15.2. The second-order valence-corrected chi connectivity index (χ2v) is 4.89. The Morgan fingerprint density at radius 2 is 1.90 bits per heavy atom. The van der Waals surface area contributed by atoms with Crippen LogP contribution < -0.4 is 10.1 Å². The lowest BCUT2D eigenvalue weighted by atomic mass is 10.1. The fourth-order valence-corrected chi connectivity index (χ4v) is 2.33. The van der Waals surface area contributed by atoms with Gasteiger partial charge in [-0.05, 0) is 24.3 Å².